The topological polar surface area (TPSA) is 64.0 Å². The van der Waals surface area contributed by atoms with Gasteiger partial charge >= 0.3 is 6.09 Å². The zero-order chi connectivity index (χ0) is 13.2. The Kier molecular flexibility index (Phi) is 3.79. The Hall–Kier alpha value is -1.25. The Morgan fingerprint density at radius 2 is 1.78 bits per heavy atom. The minimum Gasteiger partial charge on any atom is -0.465 e. The van der Waals surface area contributed by atoms with Crippen LogP contribution in [0.1, 0.15) is 25.7 Å². The fourth-order valence-corrected chi connectivity index (χ4v) is 2.83. The number of piperidine rings is 2. The van der Waals surface area contributed by atoms with Crippen molar-refractivity contribution >= 4 is 6.09 Å². The molecule has 0 unspecified atom stereocenters. The van der Waals surface area contributed by atoms with Crippen molar-refractivity contribution < 1.29 is 15.0 Å². The largest absolute Gasteiger partial charge is 0.465 e. The van der Waals surface area contributed by atoms with E-state index in [2.05, 4.69) is 10.8 Å². The number of amides is 1. The van der Waals surface area contributed by atoms with Crippen LogP contribution in [0, 0.1) is 12.3 Å². The Labute approximate surface area is 107 Å². The third kappa shape index (κ3) is 2.77. The molecule has 5 nitrogen and oxygen atoms in total. The number of hydrogen-bond donors (Lipinski definition) is 2. The highest BCUT2D eigenvalue weighted by molar-refractivity contribution is 5.65. The lowest BCUT2D eigenvalue weighted by Crippen LogP contribution is -2.51. The summed E-state index contributed by atoms with van der Waals surface area (Å²) in [5.41, 5.74) is -0.932. The minimum atomic E-state index is -0.932. The van der Waals surface area contributed by atoms with Crippen molar-refractivity contribution in [2.45, 2.75) is 37.3 Å². The summed E-state index contributed by atoms with van der Waals surface area (Å²) in [7, 11) is 0. The summed E-state index contributed by atoms with van der Waals surface area (Å²) in [6.45, 7) is 2.82. The fourth-order valence-electron chi connectivity index (χ4n) is 2.83. The summed E-state index contributed by atoms with van der Waals surface area (Å²) >= 11 is 0. The van der Waals surface area contributed by atoms with Gasteiger partial charge in [-0.3, -0.25) is 4.90 Å². The summed E-state index contributed by atoms with van der Waals surface area (Å²) in [5.74, 6) is 2.47. The molecule has 0 spiro atoms. The Balaban J connectivity index is 1.82. The number of rotatable bonds is 1. The molecule has 2 fully saturated rings. The first-order valence-electron chi connectivity index (χ1n) is 6.46. The zero-order valence-electron chi connectivity index (χ0n) is 10.5. The first-order chi connectivity index (χ1) is 8.54. The zero-order valence-corrected chi connectivity index (χ0v) is 10.5. The lowest BCUT2D eigenvalue weighted by Gasteiger charge is -2.42. The molecule has 0 aromatic heterocycles. The molecule has 2 aliphatic heterocycles. The molecule has 0 bridgehead atoms. The van der Waals surface area contributed by atoms with Gasteiger partial charge in [-0.15, -0.1) is 6.42 Å². The Morgan fingerprint density at radius 3 is 2.22 bits per heavy atom. The predicted octanol–water partition coefficient (Wildman–Crippen LogP) is 0.589. The first-order valence-corrected chi connectivity index (χ1v) is 6.46. The third-order valence-electron chi connectivity index (χ3n) is 4.15. The summed E-state index contributed by atoms with van der Waals surface area (Å²) in [5, 5.41) is 18.9. The maximum atomic E-state index is 10.8. The number of carboxylic acid groups (broad SMARTS) is 1. The molecule has 0 atom stereocenters. The van der Waals surface area contributed by atoms with Crippen LogP contribution in [0.2, 0.25) is 0 Å². The highest BCUT2D eigenvalue weighted by Gasteiger charge is 2.34. The Bertz CT molecular complexity index is 348. The van der Waals surface area contributed by atoms with Gasteiger partial charge in [-0.1, -0.05) is 5.92 Å². The number of terminal acetylenes is 1. The van der Waals surface area contributed by atoms with E-state index in [0.717, 1.165) is 25.9 Å². The molecule has 2 aliphatic rings. The van der Waals surface area contributed by atoms with E-state index in [1.165, 1.54) is 4.90 Å². The lowest BCUT2D eigenvalue weighted by molar-refractivity contribution is 0.00211. The van der Waals surface area contributed by atoms with Gasteiger partial charge < -0.3 is 15.1 Å². The van der Waals surface area contributed by atoms with E-state index in [1.54, 1.807) is 0 Å². The van der Waals surface area contributed by atoms with Gasteiger partial charge in [-0.25, -0.2) is 4.79 Å². The number of nitrogens with zero attached hydrogens (tertiary/aromatic N) is 2. The monoisotopic (exact) mass is 252 g/mol. The molecular weight excluding hydrogens is 232 g/mol. The van der Waals surface area contributed by atoms with Gasteiger partial charge in [-0.2, -0.15) is 0 Å². The van der Waals surface area contributed by atoms with E-state index in [-0.39, 0.29) is 0 Å². The van der Waals surface area contributed by atoms with Crippen LogP contribution in [0.3, 0.4) is 0 Å². The van der Waals surface area contributed by atoms with E-state index >= 15 is 0 Å². The first kappa shape index (κ1) is 13.2. The molecule has 2 heterocycles. The van der Waals surface area contributed by atoms with Gasteiger partial charge in [0.15, 0.2) is 0 Å². The highest BCUT2D eigenvalue weighted by atomic mass is 16.4. The Morgan fingerprint density at radius 1 is 1.22 bits per heavy atom. The average Bonchev–Trinajstić information content (AvgIpc) is 2.40. The molecule has 5 heteroatoms. The van der Waals surface area contributed by atoms with Crippen molar-refractivity contribution in [1.82, 2.24) is 9.80 Å². The van der Waals surface area contributed by atoms with Crippen LogP contribution in [0.25, 0.3) is 0 Å². The maximum absolute atomic E-state index is 10.8. The van der Waals surface area contributed by atoms with Crippen molar-refractivity contribution in [1.29, 1.82) is 0 Å². The molecule has 0 radical (unpaired) electrons. The summed E-state index contributed by atoms with van der Waals surface area (Å²) < 4.78 is 0. The summed E-state index contributed by atoms with van der Waals surface area (Å²) in [6, 6.07) is 0.433. The van der Waals surface area contributed by atoms with Crippen LogP contribution in [0.5, 0.6) is 0 Å². The molecular formula is C13H20N2O3. The average molecular weight is 252 g/mol. The molecule has 0 saturated carbocycles. The molecule has 1 amide bonds. The van der Waals surface area contributed by atoms with Crippen molar-refractivity contribution in [3.63, 3.8) is 0 Å². The standard InChI is InChI=1S/C13H20N2O3/c1-2-13(18)5-9-14(10-6-13)11-3-7-15(8-4-11)12(16)17/h1,11,18H,3-10H2,(H,16,17). The van der Waals surface area contributed by atoms with Crippen molar-refractivity contribution in [2.75, 3.05) is 26.2 Å². The molecule has 0 aromatic carbocycles. The van der Waals surface area contributed by atoms with Gasteiger partial charge in [0, 0.05) is 45.1 Å². The number of aliphatic hydroxyl groups is 1. The van der Waals surface area contributed by atoms with Gasteiger partial charge in [0.25, 0.3) is 0 Å². The molecule has 18 heavy (non-hydrogen) atoms. The van der Waals surface area contributed by atoms with Crippen LogP contribution in [0.15, 0.2) is 0 Å². The molecule has 2 saturated heterocycles. The van der Waals surface area contributed by atoms with Crippen LogP contribution in [0.4, 0.5) is 4.79 Å². The van der Waals surface area contributed by atoms with Crippen molar-refractivity contribution in [3.05, 3.63) is 0 Å². The maximum Gasteiger partial charge on any atom is 0.407 e. The SMILES string of the molecule is C#CC1(O)CCN(C2CCN(C(=O)O)CC2)CC1. The highest BCUT2D eigenvalue weighted by Crippen LogP contribution is 2.26. The molecule has 100 valence electrons. The normalized spacial score (nSPS) is 25.7. The van der Waals surface area contributed by atoms with E-state index in [0.29, 0.717) is 32.0 Å². The van der Waals surface area contributed by atoms with Gasteiger partial charge in [-0.05, 0) is 12.8 Å². The fraction of sp³-hybridized carbons (Fsp3) is 0.769. The predicted molar refractivity (Wildman–Crippen MR) is 67.2 cm³/mol. The summed E-state index contributed by atoms with van der Waals surface area (Å²) in [6.07, 6.45) is 7.48. The van der Waals surface area contributed by atoms with Crippen LogP contribution < -0.4 is 0 Å². The quantitative estimate of drug-likeness (QED) is 0.670. The second-order valence-corrected chi connectivity index (χ2v) is 5.21. The van der Waals surface area contributed by atoms with E-state index < -0.39 is 11.7 Å². The van der Waals surface area contributed by atoms with Crippen molar-refractivity contribution in [3.8, 4) is 12.3 Å². The molecule has 2 N–H and O–H groups in total. The van der Waals surface area contributed by atoms with Gasteiger partial charge in [0.1, 0.15) is 5.60 Å². The second-order valence-electron chi connectivity index (χ2n) is 5.21. The van der Waals surface area contributed by atoms with Crippen LogP contribution >= 0.6 is 0 Å². The van der Waals surface area contributed by atoms with E-state index in [9.17, 15) is 9.90 Å². The second kappa shape index (κ2) is 5.17. The van der Waals surface area contributed by atoms with Crippen molar-refractivity contribution in [2.24, 2.45) is 0 Å². The number of hydrogen-bond acceptors (Lipinski definition) is 3. The molecule has 2 rings (SSSR count). The molecule has 0 aromatic rings. The lowest BCUT2D eigenvalue weighted by atomic mass is 9.90. The summed E-state index contributed by atoms with van der Waals surface area (Å²) in [4.78, 5) is 14.6. The van der Waals surface area contributed by atoms with Gasteiger partial charge in [0.2, 0.25) is 0 Å². The van der Waals surface area contributed by atoms with Crippen LogP contribution in [-0.2, 0) is 0 Å². The number of carbonyl (C=O) groups is 1. The smallest absolute Gasteiger partial charge is 0.407 e. The minimum absolute atomic E-state index is 0.433. The van der Waals surface area contributed by atoms with E-state index in [4.69, 9.17) is 11.5 Å². The van der Waals surface area contributed by atoms with Crippen LogP contribution in [-0.4, -0.2) is 63.9 Å². The van der Waals surface area contributed by atoms with E-state index in [1.807, 2.05) is 0 Å². The number of likely N-dealkylation sites (tertiary alicyclic amines) is 2. The van der Waals surface area contributed by atoms with Gasteiger partial charge in [0.05, 0.1) is 0 Å². The molecule has 0 aliphatic carbocycles. The third-order valence-corrected chi connectivity index (χ3v) is 4.15.